The summed E-state index contributed by atoms with van der Waals surface area (Å²) in [6.45, 7) is 7.16. The van der Waals surface area contributed by atoms with E-state index in [4.69, 9.17) is 4.74 Å². The van der Waals surface area contributed by atoms with Gasteiger partial charge >= 0.3 is 6.01 Å². The van der Waals surface area contributed by atoms with Crippen molar-refractivity contribution in [1.29, 1.82) is 0 Å². The van der Waals surface area contributed by atoms with Crippen LogP contribution in [0.5, 0.6) is 6.01 Å². The molecule has 0 unspecified atom stereocenters. The van der Waals surface area contributed by atoms with E-state index in [1.165, 1.54) is 0 Å². The van der Waals surface area contributed by atoms with Crippen molar-refractivity contribution in [2.45, 2.75) is 39.7 Å². The van der Waals surface area contributed by atoms with Gasteiger partial charge in [0, 0.05) is 23.5 Å². The predicted octanol–water partition coefficient (Wildman–Crippen LogP) is 3.09. The zero-order valence-corrected chi connectivity index (χ0v) is 14.5. The Balaban J connectivity index is 1.70. The van der Waals surface area contributed by atoms with Gasteiger partial charge in [0.15, 0.2) is 0 Å². The molecule has 2 aromatic rings. The number of aromatic nitrogens is 2. The number of nitrogens with zero attached hydrogens (tertiary/aromatic N) is 3. The van der Waals surface area contributed by atoms with Crippen molar-refractivity contribution in [3.63, 3.8) is 0 Å². The van der Waals surface area contributed by atoms with Crippen LogP contribution in [0.15, 0.2) is 30.3 Å². The fraction of sp³-hybridized carbons (Fsp3) is 0.421. The molecule has 5 heteroatoms. The maximum atomic E-state index is 12.8. The van der Waals surface area contributed by atoms with Crippen LogP contribution in [-0.2, 0) is 0 Å². The van der Waals surface area contributed by atoms with Crippen molar-refractivity contribution in [1.82, 2.24) is 14.9 Å². The van der Waals surface area contributed by atoms with Crippen molar-refractivity contribution in [2.24, 2.45) is 0 Å². The minimum atomic E-state index is -0.0621. The smallest absolute Gasteiger partial charge is 0.317 e. The minimum absolute atomic E-state index is 0.0621. The maximum Gasteiger partial charge on any atom is 0.317 e. The monoisotopic (exact) mass is 325 g/mol. The number of aryl methyl sites for hydroxylation is 3. The van der Waals surface area contributed by atoms with Crippen LogP contribution >= 0.6 is 0 Å². The van der Waals surface area contributed by atoms with Gasteiger partial charge in [-0.05, 0) is 51.3 Å². The molecule has 1 aromatic carbocycles. The van der Waals surface area contributed by atoms with Gasteiger partial charge in [0.2, 0.25) is 0 Å². The zero-order chi connectivity index (χ0) is 17.1. The average Bonchev–Trinajstić information content (AvgIpc) is 2.54. The van der Waals surface area contributed by atoms with Gasteiger partial charge in [-0.2, -0.15) is 0 Å². The van der Waals surface area contributed by atoms with E-state index in [0.717, 1.165) is 41.9 Å². The van der Waals surface area contributed by atoms with E-state index in [1.54, 1.807) is 0 Å². The molecule has 1 atom stereocenters. The largest absolute Gasteiger partial charge is 0.458 e. The van der Waals surface area contributed by atoms with E-state index in [9.17, 15) is 4.79 Å². The first kappa shape index (κ1) is 16.4. The first-order chi connectivity index (χ1) is 11.5. The Morgan fingerprint density at radius 3 is 2.58 bits per heavy atom. The third-order valence-electron chi connectivity index (χ3n) is 4.27. The number of carbonyl (C=O) groups is 1. The molecule has 0 saturated carbocycles. The fourth-order valence-corrected chi connectivity index (χ4v) is 3.10. The van der Waals surface area contributed by atoms with Crippen LogP contribution in [0.1, 0.15) is 40.2 Å². The lowest BCUT2D eigenvalue weighted by Crippen LogP contribution is -2.44. The van der Waals surface area contributed by atoms with Gasteiger partial charge in [-0.3, -0.25) is 4.79 Å². The van der Waals surface area contributed by atoms with E-state index in [-0.39, 0.29) is 12.0 Å². The van der Waals surface area contributed by atoms with Gasteiger partial charge in [0.25, 0.3) is 5.91 Å². The number of amides is 1. The van der Waals surface area contributed by atoms with Crippen molar-refractivity contribution in [2.75, 3.05) is 13.1 Å². The van der Waals surface area contributed by atoms with E-state index in [1.807, 2.05) is 56.0 Å². The molecule has 1 aliphatic rings. The summed E-state index contributed by atoms with van der Waals surface area (Å²) in [5, 5.41) is 0. The van der Waals surface area contributed by atoms with Gasteiger partial charge in [-0.15, -0.1) is 0 Å². The predicted molar refractivity (Wildman–Crippen MR) is 92.2 cm³/mol. The van der Waals surface area contributed by atoms with Gasteiger partial charge in [0.1, 0.15) is 6.10 Å². The Morgan fingerprint density at radius 1 is 1.17 bits per heavy atom. The molecule has 1 aliphatic heterocycles. The molecule has 0 radical (unpaired) electrons. The second kappa shape index (κ2) is 6.99. The summed E-state index contributed by atoms with van der Waals surface area (Å²) in [5.41, 5.74) is 3.55. The highest BCUT2D eigenvalue weighted by Crippen LogP contribution is 2.19. The van der Waals surface area contributed by atoms with Crippen molar-refractivity contribution >= 4 is 5.91 Å². The Morgan fingerprint density at radius 2 is 1.88 bits per heavy atom. The first-order valence-electron chi connectivity index (χ1n) is 8.37. The molecule has 0 bridgehead atoms. The highest BCUT2D eigenvalue weighted by Gasteiger charge is 2.26. The number of likely N-dealkylation sites (tertiary alicyclic amines) is 1. The third kappa shape index (κ3) is 3.72. The summed E-state index contributed by atoms with van der Waals surface area (Å²) in [4.78, 5) is 23.3. The molecule has 24 heavy (non-hydrogen) atoms. The lowest BCUT2D eigenvalue weighted by molar-refractivity contribution is 0.0514. The molecule has 0 spiro atoms. The average molecular weight is 325 g/mol. The van der Waals surface area contributed by atoms with E-state index in [0.29, 0.717) is 12.6 Å². The minimum Gasteiger partial charge on any atom is -0.458 e. The number of ether oxygens (including phenoxy) is 1. The highest BCUT2D eigenvalue weighted by atomic mass is 16.5. The van der Waals surface area contributed by atoms with Crippen molar-refractivity contribution < 1.29 is 9.53 Å². The quantitative estimate of drug-likeness (QED) is 0.870. The SMILES string of the molecule is Cc1cc(C)nc(O[C@H]2CCCN(C(=O)c3ccccc3C)C2)n1. The van der Waals surface area contributed by atoms with Crippen LogP contribution in [0.2, 0.25) is 0 Å². The number of hydrogen-bond acceptors (Lipinski definition) is 4. The Labute approximate surface area is 142 Å². The number of hydrogen-bond donors (Lipinski definition) is 0. The Hall–Kier alpha value is -2.43. The van der Waals surface area contributed by atoms with Crippen molar-refractivity contribution in [3.05, 3.63) is 52.8 Å². The number of piperidine rings is 1. The molecule has 2 heterocycles. The molecule has 0 N–H and O–H groups in total. The Kier molecular flexibility index (Phi) is 4.79. The van der Waals surface area contributed by atoms with Crippen LogP contribution in [0.4, 0.5) is 0 Å². The third-order valence-corrected chi connectivity index (χ3v) is 4.27. The summed E-state index contributed by atoms with van der Waals surface area (Å²) in [6, 6.07) is 10.0. The van der Waals surface area contributed by atoms with E-state index < -0.39 is 0 Å². The molecule has 3 rings (SSSR count). The summed E-state index contributed by atoms with van der Waals surface area (Å²) in [5.74, 6) is 0.0720. The highest BCUT2D eigenvalue weighted by molar-refractivity contribution is 5.95. The molecule has 1 amide bonds. The summed E-state index contributed by atoms with van der Waals surface area (Å²) < 4.78 is 5.95. The van der Waals surface area contributed by atoms with Gasteiger partial charge < -0.3 is 9.64 Å². The Bertz CT molecular complexity index is 725. The lowest BCUT2D eigenvalue weighted by atomic mass is 10.0. The number of carbonyl (C=O) groups excluding carboxylic acids is 1. The standard InChI is InChI=1S/C19H23N3O2/c1-13-7-4-5-9-17(13)18(23)22-10-6-8-16(12-22)24-19-20-14(2)11-15(3)21-19/h4-5,7,9,11,16H,6,8,10,12H2,1-3H3/t16-/m0/s1. The second-order valence-electron chi connectivity index (χ2n) is 6.38. The van der Waals surface area contributed by atoms with Crippen LogP contribution in [0, 0.1) is 20.8 Å². The zero-order valence-electron chi connectivity index (χ0n) is 14.5. The number of rotatable bonds is 3. The van der Waals surface area contributed by atoms with Crippen LogP contribution in [-0.4, -0.2) is 40.0 Å². The van der Waals surface area contributed by atoms with Crippen LogP contribution < -0.4 is 4.74 Å². The molecular formula is C19H23N3O2. The lowest BCUT2D eigenvalue weighted by Gasteiger charge is -2.32. The molecular weight excluding hydrogens is 302 g/mol. The summed E-state index contributed by atoms with van der Waals surface area (Å²) in [6.07, 6.45) is 1.77. The van der Waals surface area contributed by atoms with Crippen LogP contribution in [0.3, 0.4) is 0 Å². The maximum absolute atomic E-state index is 12.8. The van der Waals surface area contributed by atoms with Gasteiger partial charge in [-0.1, -0.05) is 18.2 Å². The number of benzene rings is 1. The summed E-state index contributed by atoms with van der Waals surface area (Å²) in [7, 11) is 0. The fourth-order valence-electron chi connectivity index (χ4n) is 3.10. The molecule has 5 nitrogen and oxygen atoms in total. The van der Waals surface area contributed by atoms with E-state index >= 15 is 0 Å². The molecule has 0 aliphatic carbocycles. The van der Waals surface area contributed by atoms with Gasteiger partial charge in [-0.25, -0.2) is 9.97 Å². The van der Waals surface area contributed by atoms with Crippen molar-refractivity contribution in [3.8, 4) is 6.01 Å². The molecule has 1 aromatic heterocycles. The first-order valence-corrected chi connectivity index (χ1v) is 8.37. The van der Waals surface area contributed by atoms with E-state index in [2.05, 4.69) is 9.97 Å². The normalized spacial score (nSPS) is 17.6. The second-order valence-corrected chi connectivity index (χ2v) is 6.38. The topological polar surface area (TPSA) is 55.3 Å². The van der Waals surface area contributed by atoms with Gasteiger partial charge in [0.05, 0.1) is 6.54 Å². The molecule has 126 valence electrons. The molecule has 1 saturated heterocycles. The summed E-state index contributed by atoms with van der Waals surface area (Å²) >= 11 is 0. The molecule has 1 fully saturated rings. The van der Waals surface area contributed by atoms with Crippen LogP contribution in [0.25, 0.3) is 0 Å².